The van der Waals surface area contributed by atoms with Crippen molar-refractivity contribution in [2.75, 3.05) is 0 Å². The van der Waals surface area contributed by atoms with Gasteiger partial charge < -0.3 is 14.7 Å². The van der Waals surface area contributed by atoms with E-state index < -0.39 is 5.97 Å². The third-order valence-electron chi connectivity index (χ3n) is 3.25. The average molecular weight is 247 g/mol. The summed E-state index contributed by atoms with van der Waals surface area (Å²) in [6.07, 6.45) is 4.34. The van der Waals surface area contributed by atoms with Crippen molar-refractivity contribution in [3.8, 4) is 0 Å². The van der Waals surface area contributed by atoms with E-state index in [4.69, 9.17) is 5.11 Å². The Balaban J connectivity index is 2.53. The van der Waals surface area contributed by atoms with Gasteiger partial charge in [0.1, 0.15) is 5.82 Å². The summed E-state index contributed by atoms with van der Waals surface area (Å²) < 4.78 is 2.03. The second-order valence-electron chi connectivity index (χ2n) is 4.36. The molecule has 0 spiro atoms. The molecule has 1 atom stereocenters. The molecular formula is C13H17N3O2. The lowest BCUT2D eigenvalue weighted by Crippen LogP contribution is -2.15. The van der Waals surface area contributed by atoms with Crippen LogP contribution in [0.2, 0.25) is 0 Å². The second-order valence-corrected chi connectivity index (χ2v) is 4.36. The minimum atomic E-state index is -0.886. The van der Waals surface area contributed by atoms with Crippen LogP contribution in [0.25, 0.3) is 0 Å². The Labute approximate surface area is 105 Å². The van der Waals surface area contributed by atoms with Gasteiger partial charge in [0.15, 0.2) is 0 Å². The van der Waals surface area contributed by atoms with E-state index in [0.29, 0.717) is 5.56 Å². The number of H-pyrrole nitrogens is 1. The molecule has 0 aliphatic rings. The minimum Gasteiger partial charge on any atom is -0.478 e. The van der Waals surface area contributed by atoms with Gasteiger partial charge in [-0.25, -0.2) is 9.78 Å². The molecule has 2 heterocycles. The van der Waals surface area contributed by atoms with Gasteiger partial charge >= 0.3 is 5.97 Å². The number of carboxylic acids is 1. The van der Waals surface area contributed by atoms with Gasteiger partial charge in [0.25, 0.3) is 0 Å². The highest BCUT2D eigenvalue weighted by atomic mass is 16.4. The number of aromatic amines is 1. The summed E-state index contributed by atoms with van der Waals surface area (Å²) in [5, 5.41) is 9.15. The molecule has 0 aliphatic heterocycles. The molecule has 0 bridgehead atoms. The lowest BCUT2D eigenvalue weighted by atomic mass is 10.2. The van der Waals surface area contributed by atoms with E-state index in [1.165, 1.54) is 0 Å². The largest absolute Gasteiger partial charge is 0.478 e. The Morgan fingerprint density at radius 3 is 2.72 bits per heavy atom. The van der Waals surface area contributed by atoms with Crippen molar-refractivity contribution in [3.63, 3.8) is 0 Å². The van der Waals surface area contributed by atoms with Crippen LogP contribution in [0, 0.1) is 13.8 Å². The van der Waals surface area contributed by atoms with Gasteiger partial charge in [0, 0.05) is 23.8 Å². The maximum absolute atomic E-state index is 11.1. The second kappa shape index (κ2) is 4.68. The molecule has 0 saturated heterocycles. The topological polar surface area (TPSA) is 70.9 Å². The number of aromatic nitrogens is 3. The number of imidazole rings is 1. The molecular weight excluding hydrogens is 230 g/mol. The van der Waals surface area contributed by atoms with Gasteiger partial charge in [0.05, 0.1) is 11.6 Å². The summed E-state index contributed by atoms with van der Waals surface area (Å²) in [7, 11) is 0. The maximum atomic E-state index is 11.1. The molecule has 0 radical (unpaired) electrons. The molecule has 1 unspecified atom stereocenters. The van der Waals surface area contributed by atoms with Crippen LogP contribution in [0.3, 0.4) is 0 Å². The first-order valence-corrected chi connectivity index (χ1v) is 5.97. The maximum Gasteiger partial charge on any atom is 0.337 e. The fraction of sp³-hybridized carbons (Fsp3) is 0.385. The van der Waals surface area contributed by atoms with Crippen molar-refractivity contribution in [1.82, 2.24) is 14.5 Å². The van der Waals surface area contributed by atoms with E-state index in [0.717, 1.165) is 23.6 Å². The summed E-state index contributed by atoms with van der Waals surface area (Å²) in [6, 6.07) is 1.76. The Hall–Kier alpha value is -2.04. The number of aryl methyl sites for hydroxylation is 1. The molecule has 0 aliphatic carbocycles. The number of carboxylic acid groups (broad SMARTS) is 1. The lowest BCUT2D eigenvalue weighted by Gasteiger charge is -2.19. The molecule has 0 aromatic carbocycles. The smallest absolute Gasteiger partial charge is 0.337 e. The van der Waals surface area contributed by atoms with Crippen LogP contribution < -0.4 is 0 Å². The summed E-state index contributed by atoms with van der Waals surface area (Å²) in [6.45, 7) is 5.82. The van der Waals surface area contributed by atoms with Crippen LogP contribution >= 0.6 is 0 Å². The fourth-order valence-electron chi connectivity index (χ4n) is 2.43. The van der Waals surface area contributed by atoms with Gasteiger partial charge in [-0.15, -0.1) is 0 Å². The third-order valence-corrected chi connectivity index (χ3v) is 3.25. The molecule has 2 aromatic rings. The van der Waals surface area contributed by atoms with Crippen molar-refractivity contribution in [3.05, 3.63) is 41.2 Å². The molecule has 0 amide bonds. The van der Waals surface area contributed by atoms with Crippen molar-refractivity contribution >= 4 is 5.97 Å². The van der Waals surface area contributed by atoms with Crippen molar-refractivity contribution < 1.29 is 9.90 Å². The Morgan fingerprint density at radius 1 is 1.56 bits per heavy atom. The zero-order valence-corrected chi connectivity index (χ0v) is 10.8. The number of nitrogens with zero attached hydrogens (tertiary/aromatic N) is 2. The molecule has 0 fully saturated rings. The zero-order chi connectivity index (χ0) is 13.3. The molecule has 96 valence electrons. The Morgan fingerprint density at radius 2 is 2.28 bits per heavy atom. The first kappa shape index (κ1) is 12.4. The molecule has 18 heavy (non-hydrogen) atoms. The van der Waals surface area contributed by atoms with Gasteiger partial charge in [-0.1, -0.05) is 6.92 Å². The van der Waals surface area contributed by atoms with Crippen molar-refractivity contribution in [2.24, 2.45) is 0 Å². The number of nitrogens with one attached hydrogen (secondary N) is 1. The van der Waals surface area contributed by atoms with Crippen LogP contribution in [0.5, 0.6) is 0 Å². The molecule has 5 heteroatoms. The lowest BCUT2D eigenvalue weighted by molar-refractivity contribution is 0.0696. The first-order valence-electron chi connectivity index (χ1n) is 5.97. The van der Waals surface area contributed by atoms with Crippen molar-refractivity contribution in [2.45, 2.75) is 33.2 Å². The van der Waals surface area contributed by atoms with Crippen LogP contribution in [0.4, 0.5) is 0 Å². The molecule has 5 nitrogen and oxygen atoms in total. The summed E-state index contributed by atoms with van der Waals surface area (Å²) >= 11 is 0. The summed E-state index contributed by atoms with van der Waals surface area (Å²) in [4.78, 5) is 18.5. The standard InChI is InChI=1S/C13H17N3O2/c1-4-11(12-14-5-6-15-12)16-8(2)7-10(9(16)3)13(17)18/h5-7,11H,4H2,1-3H3,(H,14,15)(H,17,18). The predicted molar refractivity (Wildman–Crippen MR) is 67.9 cm³/mol. The van der Waals surface area contributed by atoms with Crippen LogP contribution in [-0.2, 0) is 0 Å². The quantitative estimate of drug-likeness (QED) is 0.872. The van der Waals surface area contributed by atoms with Gasteiger partial charge in [-0.3, -0.25) is 0 Å². The van der Waals surface area contributed by atoms with E-state index in [1.807, 2.05) is 18.4 Å². The number of hydrogen-bond acceptors (Lipinski definition) is 2. The van der Waals surface area contributed by atoms with Crippen LogP contribution in [0.1, 0.15) is 47.0 Å². The Bertz CT molecular complexity index is 555. The molecule has 0 saturated carbocycles. The molecule has 2 aromatic heterocycles. The fourth-order valence-corrected chi connectivity index (χ4v) is 2.43. The highest BCUT2D eigenvalue weighted by molar-refractivity contribution is 5.89. The molecule has 2 rings (SSSR count). The number of rotatable bonds is 4. The predicted octanol–water partition coefficient (Wildman–Crippen LogP) is 2.53. The normalized spacial score (nSPS) is 12.6. The van der Waals surface area contributed by atoms with Gasteiger partial charge in [0.2, 0.25) is 0 Å². The van der Waals surface area contributed by atoms with Crippen LogP contribution in [-0.4, -0.2) is 25.6 Å². The number of hydrogen-bond donors (Lipinski definition) is 2. The number of carbonyl (C=O) groups is 1. The van der Waals surface area contributed by atoms with Crippen molar-refractivity contribution in [1.29, 1.82) is 0 Å². The van der Waals surface area contributed by atoms with E-state index in [9.17, 15) is 4.79 Å². The SMILES string of the molecule is CCC(c1ncc[nH]1)n1c(C)cc(C(=O)O)c1C. The zero-order valence-electron chi connectivity index (χ0n) is 10.8. The highest BCUT2D eigenvalue weighted by Gasteiger charge is 2.22. The number of aromatic carboxylic acids is 1. The molecule has 2 N–H and O–H groups in total. The van der Waals surface area contributed by atoms with E-state index in [-0.39, 0.29) is 6.04 Å². The van der Waals surface area contributed by atoms with Gasteiger partial charge in [-0.2, -0.15) is 0 Å². The van der Waals surface area contributed by atoms with Gasteiger partial charge in [-0.05, 0) is 26.3 Å². The first-order chi connectivity index (χ1) is 8.56. The monoisotopic (exact) mass is 247 g/mol. The average Bonchev–Trinajstić information content (AvgIpc) is 2.92. The highest BCUT2D eigenvalue weighted by Crippen LogP contribution is 2.26. The van der Waals surface area contributed by atoms with E-state index >= 15 is 0 Å². The third kappa shape index (κ3) is 1.92. The van der Waals surface area contributed by atoms with E-state index in [2.05, 4.69) is 16.9 Å². The van der Waals surface area contributed by atoms with E-state index in [1.54, 1.807) is 18.5 Å². The Kier molecular flexibility index (Phi) is 3.23. The summed E-state index contributed by atoms with van der Waals surface area (Å²) in [5.74, 6) is -0.0279. The summed E-state index contributed by atoms with van der Waals surface area (Å²) in [5.41, 5.74) is 2.06. The minimum absolute atomic E-state index is 0.0492. The van der Waals surface area contributed by atoms with Crippen LogP contribution in [0.15, 0.2) is 18.5 Å².